The number of rotatable bonds is 0. The molecule has 0 aromatic carbocycles. The third-order valence-electron chi connectivity index (χ3n) is 3.48. The second-order valence-electron chi connectivity index (χ2n) is 4.89. The van der Waals surface area contributed by atoms with Crippen molar-refractivity contribution in [1.29, 1.82) is 0 Å². The highest BCUT2D eigenvalue weighted by molar-refractivity contribution is 5.77. The van der Waals surface area contributed by atoms with Crippen molar-refractivity contribution in [1.82, 2.24) is 0 Å². The van der Waals surface area contributed by atoms with Crippen molar-refractivity contribution in [3.63, 3.8) is 0 Å². The quantitative estimate of drug-likeness (QED) is 0.744. The second kappa shape index (κ2) is 4.22. The Balaban J connectivity index is 2.35. The minimum atomic E-state index is -4.59. The molecule has 3 heterocycles. The molecule has 0 amide bonds. The number of H-pyrrole nitrogens is 1. The van der Waals surface area contributed by atoms with Crippen LogP contribution < -0.4 is 15.5 Å². The van der Waals surface area contributed by atoms with Gasteiger partial charge in [0.1, 0.15) is 0 Å². The van der Waals surface area contributed by atoms with Crippen molar-refractivity contribution in [3.8, 4) is 0 Å². The van der Waals surface area contributed by atoms with Crippen LogP contribution in [0.1, 0.15) is 17.5 Å². The smallest absolute Gasteiger partial charge is 0.386 e. The number of alkyl halides is 3. The summed E-state index contributed by atoms with van der Waals surface area (Å²) in [5.74, 6) is 0.700. The van der Waals surface area contributed by atoms with Crippen LogP contribution in [0.25, 0.3) is 11.1 Å². The van der Waals surface area contributed by atoms with Crippen molar-refractivity contribution in [2.45, 2.75) is 19.0 Å². The van der Waals surface area contributed by atoms with E-state index in [4.69, 9.17) is 4.42 Å². The first-order valence-electron chi connectivity index (χ1n) is 6.17. The van der Waals surface area contributed by atoms with E-state index in [9.17, 15) is 18.0 Å². The molecule has 0 unspecified atom stereocenters. The lowest BCUT2D eigenvalue weighted by Crippen LogP contribution is -2.32. The predicted molar refractivity (Wildman–Crippen MR) is 65.6 cm³/mol. The summed E-state index contributed by atoms with van der Waals surface area (Å²) in [6.07, 6.45) is -3.01. The zero-order valence-corrected chi connectivity index (χ0v) is 10.7. The van der Waals surface area contributed by atoms with Crippen LogP contribution in [0.2, 0.25) is 0 Å². The SMILES string of the molecule is CN1CCCc2cc3c(C(F)(F)F)cc(=O)oc3[nH+]c21. The molecular formula is C13H12F3N2O2+. The Morgan fingerprint density at radius 1 is 1.35 bits per heavy atom. The van der Waals surface area contributed by atoms with Crippen LogP contribution in [0.3, 0.4) is 0 Å². The maximum atomic E-state index is 13.0. The monoisotopic (exact) mass is 285 g/mol. The first-order valence-corrected chi connectivity index (χ1v) is 6.17. The van der Waals surface area contributed by atoms with Gasteiger partial charge < -0.3 is 4.42 Å². The summed E-state index contributed by atoms with van der Waals surface area (Å²) in [5, 5.41) is -0.105. The molecule has 3 rings (SSSR count). The first-order chi connectivity index (χ1) is 9.36. The average molecular weight is 285 g/mol. The Labute approximate surface area is 111 Å². The lowest BCUT2D eigenvalue weighted by atomic mass is 10.0. The maximum Gasteiger partial charge on any atom is 0.417 e. The van der Waals surface area contributed by atoms with Crippen LogP contribution in [-0.2, 0) is 12.6 Å². The molecule has 0 saturated heterocycles. The summed E-state index contributed by atoms with van der Waals surface area (Å²) in [4.78, 5) is 16.0. The number of aromatic nitrogens is 1. The van der Waals surface area contributed by atoms with Gasteiger partial charge in [0.15, 0.2) is 0 Å². The fourth-order valence-corrected chi connectivity index (χ4v) is 2.55. The van der Waals surface area contributed by atoms with E-state index in [1.165, 1.54) is 6.07 Å². The van der Waals surface area contributed by atoms with Crippen molar-refractivity contribution in [2.24, 2.45) is 0 Å². The van der Waals surface area contributed by atoms with Crippen LogP contribution in [0, 0.1) is 0 Å². The van der Waals surface area contributed by atoms with E-state index in [1.54, 1.807) is 0 Å². The Bertz CT molecular complexity index is 737. The van der Waals surface area contributed by atoms with Crippen LogP contribution in [0.5, 0.6) is 0 Å². The highest BCUT2D eigenvalue weighted by Crippen LogP contribution is 2.34. The number of nitrogens with zero attached hydrogens (tertiary/aromatic N) is 1. The number of fused-ring (bicyclic) bond motifs is 2. The molecule has 106 valence electrons. The molecule has 2 aromatic rings. The third kappa shape index (κ3) is 2.03. The molecule has 0 spiro atoms. The molecule has 1 N–H and O–H groups in total. The Morgan fingerprint density at radius 3 is 2.80 bits per heavy atom. The summed E-state index contributed by atoms with van der Waals surface area (Å²) >= 11 is 0. The number of hydrogen-bond acceptors (Lipinski definition) is 3. The number of pyridine rings is 1. The summed E-state index contributed by atoms with van der Waals surface area (Å²) in [7, 11) is 1.84. The molecule has 7 heteroatoms. The number of halogens is 3. The van der Waals surface area contributed by atoms with E-state index in [-0.39, 0.29) is 11.1 Å². The molecule has 0 saturated carbocycles. The van der Waals surface area contributed by atoms with E-state index in [1.807, 2.05) is 11.9 Å². The minimum absolute atomic E-state index is 0.105. The summed E-state index contributed by atoms with van der Waals surface area (Å²) in [5.41, 5.74) is -1.32. The van der Waals surface area contributed by atoms with Crippen LogP contribution in [0.4, 0.5) is 19.0 Å². The van der Waals surface area contributed by atoms with Crippen LogP contribution in [0.15, 0.2) is 21.3 Å². The standard InChI is InChI=1S/C13H11F3N2O2/c1-18-4-2-3-7-5-8-9(13(14,15)16)6-10(19)20-12(8)17-11(7)18/h5-6H,2-4H2,1H3/p+1. The summed E-state index contributed by atoms with van der Waals surface area (Å²) in [6.45, 7) is 0.804. The van der Waals surface area contributed by atoms with E-state index in [0.717, 1.165) is 18.5 Å². The van der Waals surface area contributed by atoms with E-state index >= 15 is 0 Å². The van der Waals surface area contributed by atoms with Crippen molar-refractivity contribution < 1.29 is 22.6 Å². The molecular weight excluding hydrogens is 273 g/mol. The third-order valence-corrected chi connectivity index (χ3v) is 3.48. The largest absolute Gasteiger partial charge is 0.417 e. The fourth-order valence-electron chi connectivity index (χ4n) is 2.55. The van der Waals surface area contributed by atoms with Gasteiger partial charge in [0.25, 0.3) is 11.5 Å². The first kappa shape index (κ1) is 13.0. The normalized spacial score (nSPS) is 15.5. The van der Waals surface area contributed by atoms with E-state index in [0.29, 0.717) is 18.3 Å². The molecule has 0 fully saturated rings. The number of aromatic amines is 1. The molecule has 1 aliphatic rings. The Hall–Kier alpha value is -2.05. The maximum absolute atomic E-state index is 13.0. The van der Waals surface area contributed by atoms with Crippen molar-refractivity contribution in [2.75, 3.05) is 18.5 Å². The van der Waals surface area contributed by atoms with Crippen LogP contribution in [-0.4, -0.2) is 13.6 Å². The molecule has 0 atom stereocenters. The molecule has 1 aliphatic heterocycles. The van der Waals surface area contributed by atoms with Gasteiger partial charge in [-0.25, -0.2) is 9.78 Å². The zero-order valence-electron chi connectivity index (χ0n) is 10.7. The number of nitrogens with one attached hydrogen (secondary N) is 1. The van der Waals surface area contributed by atoms with Gasteiger partial charge in [-0.3, -0.25) is 4.90 Å². The van der Waals surface area contributed by atoms with Gasteiger partial charge >= 0.3 is 11.8 Å². The Kier molecular flexibility index (Phi) is 2.74. The van der Waals surface area contributed by atoms with Crippen molar-refractivity contribution >= 4 is 16.9 Å². The average Bonchev–Trinajstić information content (AvgIpc) is 2.35. The summed E-state index contributed by atoms with van der Waals surface area (Å²) < 4.78 is 43.9. The number of anilines is 1. The minimum Gasteiger partial charge on any atom is -0.386 e. The van der Waals surface area contributed by atoms with Gasteiger partial charge in [-0.2, -0.15) is 13.2 Å². The highest BCUT2D eigenvalue weighted by atomic mass is 19.4. The number of aryl methyl sites for hydroxylation is 1. The van der Waals surface area contributed by atoms with E-state index in [2.05, 4.69) is 4.98 Å². The van der Waals surface area contributed by atoms with Gasteiger partial charge in [-0.1, -0.05) is 0 Å². The summed E-state index contributed by atoms with van der Waals surface area (Å²) in [6, 6.07) is 1.96. The molecule has 2 aromatic heterocycles. The fraction of sp³-hybridized carbons (Fsp3) is 0.385. The zero-order chi connectivity index (χ0) is 14.5. The Morgan fingerprint density at radius 2 is 2.10 bits per heavy atom. The van der Waals surface area contributed by atoms with Gasteiger partial charge in [0.05, 0.1) is 24.5 Å². The second-order valence-corrected chi connectivity index (χ2v) is 4.89. The van der Waals surface area contributed by atoms with Crippen LogP contribution >= 0.6 is 0 Å². The topological polar surface area (TPSA) is 47.6 Å². The molecule has 0 bridgehead atoms. The van der Waals surface area contributed by atoms with E-state index < -0.39 is 17.4 Å². The van der Waals surface area contributed by atoms with Gasteiger partial charge in [-0.05, 0) is 18.9 Å². The van der Waals surface area contributed by atoms with Gasteiger partial charge in [0.2, 0.25) is 0 Å². The predicted octanol–water partition coefficient (Wildman–Crippen LogP) is 2.01. The lowest BCUT2D eigenvalue weighted by molar-refractivity contribution is -0.344. The lowest BCUT2D eigenvalue weighted by Gasteiger charge is -2.20. The highest BCUT2D eigenvalue weighted by Gasteiger charge is 2.36. The molecule has 0 radical (unpaired) electrons. The van der Waals surface area contributed by atoms with Crippen molar-refractivity contribution in [3.05, 3.63) is 33.7 Å². The molecule has 4 nitrogen and oxygen atoms in total. The molecule has 0 aliphatic carbocycles. The number of hydrogen-bond donors (Lipinski definition) is 0. The van der Waals surface area contributed by atoms with Gasteiger partial charge in [0, 0.05) is 11.6 Å². The molecule has 20 heavy (non-hydrogen) atoms. The van der Waals surface area contributed by atoms with Gasteiger partial charge in [-0.15, -0.1) is 0 Å².